The Hall–Kier alpha value is -1.59. The number of rotatable bonds is 2. The summed E-state index contributed by atoms with van der Waals surface area (Å²) in [4.78, 5) is 12.2. The quantitative estimate of drug-likeness (QED) is 0.680. The van der Waals surface area contributed by atoms with Gasteiger partial charge in [-0.15, -0.1) is 0 Å². The van der Waals surface area contributed by atoms with Crippen molar-refractivity contribution in [3.63, 3.8) is 0 Å². The first-order valence-corrected chi connectivity index (χ1v) is 7.74. The molecule has 0 saturated carbocycles. The zero-order chi connectivity index (χ0) is 21.9. The first kappa shape index (κ1) is 23.4. The maximum absolute atomic E-state index is 14.0. The van der Waals surface area contributed by atoms with Crippen LogP contribution < -0.4 is 0 Å². The van der Waals surface area contributed by atoms with E-state index in [1.54, 1.807) is 0 Å². The van der Waals surface area contributed by atoms with E-state index in [2.05, 4.69) is 5.10 Å². The minimum absolute atomic E-state index is 0.00600. The van der Waals surface area contributed by atoms with E-state index >= 15 is 0 Å². The molecule has 0 bridgehead atoms. The lowest BCUT2D eigenvalue weighted by Crippen LogP contribution is -2.58. The van der Waals surface area contributed by atoms with Gasteiger partial charge in [0.15, 0.2) is 5.72 Å². The SMILES string of the molecule is CC(C)(C)OC(=O)N1N=C(C(F)(F)C(F)(F)C(F)(F)F)C[C@@]1(O)C(C)(C)C. The third-order valence-electron chi connectivity index (χ3n) is 3.87. The molecule has 158 valence electrons. The van der Waals surface area contributed by atoms with Crippen LogP contribution >= 0.6 is 0 Å². The van der Waals surface area contributed by atoms with Crippen molar-refractivity contribution < 1.29 is 45.4 Å². The van der Waals surface area contributed by atoms with Gasteiger partial charge in [-0.1, -0.05) is 20.8 Å². The summed E-state index contributed by atoms with van der Waals surface area (Å²) in [6, 6.07) is 0. The Labute approximate surface area is 151 Å². The summed E-state index contributed by atoms with van der Waals surface area (Å²) in [5.74, 6) is -12.2. The topological polar surface area (TPSA) is 62.1 Å². The minimum atomic E-state index is -6.57. The molecule has 1 amide bonds. The van der Waals surface area contributed by atoms with Gasteiger partial charge in [0.1, 0.15) is 11.3 Å². The number of hydrogen-bond acceptors (Lipinski definition) is 4. The highest BCUT2D eigenvalue weighted by molar-refractivity contribution is 5.96. The molecule has 1 rings (SSSR count). The van der Waals surface area contributed by atoms with Crippen molar-refractivity contribution in [3.05, 3.63) is 0 Å². The highest BCUT2D eigenvalue weighted by Crippen LogP contribution is 2.51. The number of nitrogens with zero attached hydrogens (tertiary/aromatic N) is 2. The molecule has 12 heteroatoms. The van der Waals surface area contributed by atoms with E-state index in [1.807, 2.05) is 0 Å². The molecule has 1 N–H and O–H groups in total. The van der Waals surface area contributed by atoms with Crippen molar-refractivity contribution >= 4 is 11.8 Å². The van der Waals surface area contributed by atoms with Crippen LogP contribution in [-0.4, -0.2) is 51.3 Å². The third-order valence-corrected chi connectivity index (χ3v) is 3.87. The lowest BCUT2D eigenvalue weighted by molar-refractivity contribution is -0.336. The molecule has 0 aromatic rings. The number of halogens is 7. The van der Waals surface area contributed by atoms with Gasteiger partial charge in [0.25, 0.3) is 0 Å². The second-order valence-electron chi connectivity index (χ2n) is 8.23. The van der Waals surface area contributed by atoms with Gasteiger partial charge in [-0.05, 0) is 20.8 Å². The summed E-state index contributed by atoms with van der Waals surface area (Å²) in [5, 5.41) is 13.6. The summed E-state index contributed by atoms with van der Waals surface area (Å²) >= 11 is 0. The zero-order valence-electron chi connectivity index (χ0n) is 15.5. The molecule has 0 fully saturated rings. The summed E-state index contributed by atoms with van der Waals surface area (Å²) < 4.78 is 96.9. The molecule has 1 aliphatic rings. The summed E-state index contributed by atoms with van der Waals surface area (Å²) in [5.41, 5.74) is -7.21. The Balaban J connectivity index is 3.47. The first-order chi connectivity index (χ1) is 11.6. The molecule has 0 aromatic heterocycles. The number of hydrazone groups is 1. The summed E-state index contributed by atoms with van der Waals surface area (Å²) in [7, 11) is 0. The van der Waals surface area contributed by atoms with Gasteiger partial charge in [0, 0.05) is 11.8 Å². The van der Waals surface area contributed by atoms with Gasteiger partial charge in [0.05, 0.1) is 0 Å². The van der Waals surface area contributed by atoms with Crippen LogP contribution in [0.2, 0.25) is 0 Å². The maximum Gasteiger partial charge on any atom is 0.460 e. The predicted molar refractivity (Wildman–Crippen MR) is 80.5 cm³/mol. The predicted octanol–water partition coefficient (Wildman–Crippen LogP) is 4.55. The second kappa shape index (κ2) is 6.21. The van der Waals surface area contributed by atoms with Crippen LogP contribution in [0.25, 0.3) is 0 Å². The lowest BCUT2D eigenvalue weighted by Gasteiger charge is -2.41. The van der Waals surface area contributed by atoms with E-state index in [0.717, 1.165) is 0 Å². The number of carbonyl (C=O) groups excluding carboxylic acids is 1. The van der Waals surface area contributed by atoms with Crippen molar-refractivity contribution in [2.24, 2.45) is 10.5 Å². The number of hydrogen-bond donors (Lipinski definition) is 1. The average molecular weight is 410 g/mol. The Bertz CT molecular complexity index is 633. The molecule has 0 saturated heterocycles. The Morgan fingerprint density at radius 3 is 1.81 bits per heavy atom. The Kier molecular flexibility index (Phi) is 5.39. The molecule has 5 nitrogen and oxygen atoms in total. The van der Waals surface area contributed by atoms with Crippen LogP contribution in [0, 0.1) is 5.41 Å². The van der Waals surface area contributed by atoms with Gasteiger partial charge in [-0.3, -0.25) is 0 Å². The van der Waals surface area contributed by atoms with Crippen LogP contribution in [0.5, 0.6) is 0 Å². The van der Waals surface area contributed by atoms with E-state index < -0.39 is 53.0 Å². The fourth-order valence-corrected chi connectivity index (χ4v) is 2.16. The molecule has 1 atom stereocenters. The van der Waals surface area contributed by atoms with E-state index in [0.29, 0.717) is 0 Å². The van der Waals surface area contributed by atoms with Crippen LogP contribution in [0.15, 0.2) is 5.10 Å². The molecule has 0 aliphatic carbocycles. The molecule has 0 aromatic carbocycles. The van der Waals surface area contributed by atoms with Crippen molar-refractivity contribution in [2.45, 2.75) is 77.3 Å². The smallest absolute Gasteiger partial charge is 0.442 e. The number of aliphatic hydroxyl groups is 1. The normalized spacial score (nSPS) is 22.7. The molecular formula is C15H21F7N2O3. The number of alkyl halides is 7. The summed E-state index contributed by atoms with van der Waals surface area (Å²) in [6.07, 6.45) is -9.46. The van der Waals surface area contributed by atoms with Crippen LogP contribution in [0.3, 0.4) is 0 Å². The first-order valence-electron chi connectivity index (χ1n) is 7.74. The van der Waals surface area contributed by atoms with Gasteiger partial charge in [-0.2, -0.15) is 40.8 Å². The minimum Gasteiger partial charge on any atom is -0.442 e. The van der Waals surface area contributed by atoms with Gasteiger partial charge >= 0.3 is 24.1 Å². The highest BCUT2D eigenvalue weighted by Gasteiger charge is 2.76. The Morgan fingerprint density at radius 2 is 1.48 bits per heavy atom. The lowest BCUT2D eigenvalue weighted by atomic mass is 9.79. The van der Waals surface area contributed by atoms with Crippen molar-refractivity contribution in [2.75, 3.05) is 0 Å². The van der Waals surface area contributed by atoms with E-state index in [9.17, 15) is 40.6 Å². The van der Waals surface area contributed by atoms with Gasteiger partial charge < -0.3 is 9.84 Å². The van der Waals surface area contributed by atoms with Gasteiger partial charge in [-0.25, -0.2) is 4.79 Å². The van der Waals surface area contributed by atoms with Crippen molar-refractivity contribution in [1.82, 2.24) is 5.01 Å². The third kappa shape index (κ3) is 3.99. The van der Waals surface area contributed by atoms with Crippen molar-refractivity contribution in [3.8, 4) is 0 Å². The zero-order valence-corrected chi connectivity index (χ0v) is 15.5. The number of amides is 1. The molecule has 0 radical (unpaired) electrons. The van der Waals surface area contributed by atoms with Crippen LogP contribution in [0.4, 0.5) is 35.5 Å². The molecule has 0 spiro atoms. The number of ether oxygens (including phenoxy) is 1. The highest BCUT2D eigenvalue weighted by atomic mass is 19.4. The van der Waals surface area contributed by atoms with Crippen molar-refractivity contribution in [1.29, 1.82) is 0 Å². The Morgan fingerprint density at radius 1 is 1.04 bits per heavy atom. The van der Waals surface area contributed by atoms with E-state index in [4.69, 9.17) is 4.74 Å². The molecule has 0 unspecified atom stereocenters. The second-order valence-corrected chi connectivity index (χ2v) is 8.23. The van der Waals surface area contributed by atoms with Gasteiger partial charge in [0.2, 0.25) is 0 Å². The number of carbonyl (C=O) groups is 1. The maximum atomic E-state index is 14.0. The summed E-state index contributed by atoms with van der Waals surface area (Å²) in [6.45, 7) is 7.99. The standard InChI is InChI=1S/C15H21F7N2O3/c1-10(2,3)12(26)7-8(13(16,17)14(18,19)15(20,21)22)23-24(12)9(25)27-11(4,5)6/h26H,7H2,1-6H3/t12-/m1/s1. The average Bonchev–Trinajstić information content (AvgIpc) is 2.74. The fraction of sp³-hybridized carbons (Fsp3) is 0.867. The fourth-order valence-electron chi connectivity index (χ4n) is 2.16. The van der Waals surface area contributed by atoms with E-state index in [1.165, 1.54) is 41.5 Å². The molecular weight excluding hydrogens is 389 g/mol. The molecule has 1 heterocycles. The van der Waals surface area contributed by atoms with E-state index in [-0.39, 0.29) is 5.01 Å². The largest absolute Gasteiger partial charge is 0.460 e. The monoisotopic (exact) mass is 410 g/mol. The van der Waals surface area contributed by atoms with Crippen LogP contribution in [-0.2, 0) is 4.74 Å². The molecule has 1 aliphatic heterocycles. The molecule has 27 heavy (non-hydrogen) atoms. The van der Waals surface area contributed by atoms with Crippen LogP contribution in [0.1, 0.15) is 48.0 Å².